The lowest BCUT2D eigenvalue weighted by Crippen LogP contribution is -2.44. The van der Waals surface area contributed by atoms with Gasteiger partial charge in [0.1, 0.15) is 0 Å². The molecule has 3 nitrogen and oxygen atoms in total. The molecule has 0 bridgehead atoms. The van der Waals surface area contributed by atoms with Gasteiger partial charge in [0.15, 0.2) is 0 Å². The van der Waals surface area contributed by atoms with Gasteiger partial charge in [-0.05, 0) is 44.6 Å². The number of likely N-dealkylation sites (N-methyl/N-ethyl adjacent to an activating group) is 1. The van der Waals surface area contributed by atoms with Gasteiger partial charge in [-0.25, -0.2) is 0 Å². The van der Waals surface area contributed by atoms with Gasteiger partial charge in [-0.3, -0.25) is 4.90 Å². The molecule has 0 radical (unpaired) electrons. The fraction of sp³-hybridized carbons (Fsp3) is 0.667. The van der Waals surface area contributed by atoms with E-state index in [4.69, 9.17) is 0 Å². The molecular weight excluding hydrogens is 258 g/mol. The summed E-state index contributed by atoms with van der Waals surface area (Å²) in [7, 11) is 4.40. The molecule has 1 unspecified atom stereocenters. The van der Waals surface area contributed by atoms with E-state index >= 15 is 0 Å². The van der Waals surface area contributed by atoms with Crippen LogP contribution in [0.3, 0.4) is 0 Å². The number of rotatable bonds is 6. The van der Waals surface area contributed by atoms with Gasteiger partial charge < -0.3 is 10.2 Å². The number of hydrogen-bond acceptors (Lipinski definition) is 3. The second kappa shape index (κ2) is 7.92. The number of likely N-dealkylation sites (tertiary alicyclic amines) is 1. The molecule has 1 heterocycles. The van der Waals surface area contributed by atoms with Crippen LogP contribution in [0, 0.1) is 0 Å². The Labute approximate surface area is 130 Å². The molecule has 0 aliphatic carbocycles. The molecule has 1 fully saturated rings. The third kappa shape index (κ3) is 5.42. The maximum Gasteiger partial charge on any atom is 0.0234 e. The summed E-state index contributed by atoms with van der Waals surface area (Å²) in [5, 5.41) is 3.49. The van der Waals surface area contributed by atoms with Crippen LogP contribution >= 0.6 is 0 Å². The van der Waals surface area contributed by atoms with E-state index in [0.717, 1.165) is 13.1 Å². The molecule has 1 atom stereocenters. The highest BCUT2D eigenvalue weighted by atomic mass is 15.2. The van der Waals surface area contributed by atoms with Crippen LogP contribution in [0.4, 0.5) is 0 Å². The molecule has 1 N–H and O–H groups in total. The molecule has 1 aromatic carbocycles. The van der Waals surface area contributed by atoms with Crippen LogP contribution in [0.15, 0.2) is 24.3 Å². The monoisotopic (exact) mass is 289 g/mol. The van der Waals surface area contributed by atoms with Crippen molar-refractivity contribution < 1.29 is 0 Å². The highest BCUT2D eigenvalue weighted by Crippen LogP contribution is 2.17. The average Bonchev–Trinajstić information content (AvgIpc) is 2.46. The van der Waals surface area contributed by atoms with Crippen LogP contribution in [0.2, 0.25) is 0 Å². The second-order valence-electron chi connectivity index (χ2n) is 6.85. The lowest BCUT2D eigenvalue weighted by molar-refractivity contribution is 0.128. The normalized spacial score (nSPS) is 20.4. The minimum atomic E-state index is 0.539. The highest BCUT2D eigenvalue weighted by molar-refractivity contribution is 5.23. The Bertz CT molecular complexity index is 428. The fourth-order valence-corrected chi connectivity index (χ4v) is 3.01. The third-order valence-corrected chi connectivity index (χ3v) is 4.32. The smallest absolute Gasteiger partial charge is 0.0234 e. The summed E-state index contributed by atoms with van der Waals surface area (Å²) in [5.41, 5.74) is 2.83. The molecule has 3 heteroatoms. The van der Waals surface area contributed by atoms with E-state index in [0.29, 0.717) is 12.1 Å². The Kier molecular flexibility index (Phi) is 6.22. The van der Waals surface area contributed by atoms with Crippen molar-refractivity contribution >= 4 is 0 Å². The molecule has 1 aromatic rings. The summed E-state index contributed by atoms with van der Waals surface area (Å²) in [4.78, 5) is 4.97. The molecule has 0 amide bonds. The van der Waals surface area contributed by atoms with Crippen molar-refractivity contribution in [2.75, 3.05) is 27.2 Å². The summed E-state index contributed by atoms with van der Waals surface area (Å²) in [6, 6.07) is 10.3. The zero-order valence-corrected chi connectivity index (χ0v) is 14.1. The van der Waals surface area contributed by atoms with Crippen molar-refractivity contribution in [2.45, 2.75) is 51.9 Å². The second-order valence-corrected chi connectivity index (χ2v) is 6.85. The van der Waals surface area contributed by atoms with E-state index in [1.165, 1.54) is 37.1 Å². The van der Waals surface area contributed by atoms with Crippen LogP contribution in [0.5, 0.6) is 0 Å². The Morgan fingerprint density at radius 1 is 1.29 bits per heavy atom. The first-order chi connectivity index (χ1) is 10.0. The van der Waals surface area contributed by atoms with Crippen LogP contribution in [-0.4, -0.2) is 49.1 Å². The van der Waals surface area contributed by atoms with E-state index < -0.39 is 0 Å². The van der Waals surface area contributed by atoms with Gasteiger partial charge in [0.25, 0.3) is 0 Å². The fourth-order valence-electron chi connectivity index (χ4n) is 3.01. The molecule has 118 valence electrons. The molecular formula is C18H31N3. The molecule has 21 heavy (non-hydrogen) atoms. The van der Waals surface area contributed by atoms with Crippen molar-refractivity contribution in [3.63, 3.8) is 0 Å². The average molecular weight is 289 g/mol. The topological polar surface area (TPSA) is 18.5 Å². The number of nitrogens with one attached hydrogen (secondary N) is 1. The lowest BCUT2D eigenvalue weighted by Gasteiger charge is -2.36. The Morgan fingerprint density at radius 3 is 2.76 bits per heavy atom. The van der Waals surface area contributed by atoms with Crippen LogP contribution in [0.25, 0.3) is 0 Å². The Balaban J connectivity index is 1.91. The molecule has 0 saturated carbocycles. The largest absolute Gasteiger partial charge is 0.310 e. The first-order valence-electron chi connectivity index (χ1n) is 8.24. The number of nitrogens with zero attached hydrogens (tertiary/aromatic N) is 2. The van der Waals surface area contributed by atoms with Gasteiger partial charge in [-0.15, -0.1) is 0 Å². The highest BCUT2D eigenvalue weighted by Gasteiger charge is 2.21. The minimum absolute atomic E-state index is 0.539. The lowest BCUT2D eigenvalue weighted by atomic mass is 10.0. The zero-order valence-electron chi connectivity index (χ0n) is 14.1. The van der Waals surface area contributed by atoms with Crippen molar-refractivity contribution in [3.05, 3.63) is 35.4 Å². The van der Waals surface area contributed by atoms with Crippen molar-refractivity contribution in [1.82, 2.24) is 15.1 Å². The van der Waals surface area contributed by atoms with Gasteiger partial charge in [-0.1, -0.05) is 38.1 Å². The van der Waals surface area contributed by atoms with Gasteiger partial charge in [0.05, 0.1) is 0 Å². The summed E-state index contributed by atoms with van der Waals surface area (Å²) >= 11 is 0. The van der Waals surface area contributed by atoms with Crippen molar-refractivity contribution in [2.24, 2.45) is 0 Å². The van der Waals surface area contributed by atoms with Gasteiger partial charge in [0, 0.05) is 31.7 Å². The first-order valence-corrected chi connectivity index (χ1v) is 8.24. The van der Waals surface area contributed by atoms with Crippen LogP contribution < -0.4 is 5.32 Å². The maximum absolute atomic E-state index is 3.49. The number of piperidine rings is 1. The van der Waals surface area contributed by atoms with E-state index in [9.17, 15) is 0 Å². The molecule has 1 aliphatic rings. The quantitative estimate of drug-likeness (QED) is 0.869. The van der Waals surface area contributed by atoms with E-state index in [1.54, 1.807) is 0 Å². The predicted molar refractivity (Wildman–Crippen MR) is 90.4 cm³/mol. The maximum atomic E-state index is 3.49. The first kappa shape index (κ1) is 16.5. The molecule has 0 aromatic heterocycles. The minimum Gasteiger partial charge on any atom is -0.310 e. The molecule has 0 spiro atoms. The van der Waals surface area contributed by atoms with Crippen LogP contribution in [-0.2, 0) is 13.1 Å². The Morgan fingerprint density at radius 2 is 2.05 bits per heavy atom. The molecule has 1 aliphatic heterocycles. The Hall–Kier alpha value is -0.900. The summed E-state index contributed by atoms with van der Waals surface area (Å²) in [6.45, 7) is 8.86. The third-order valence-electron chi connectivity index (χ3n) is 4.32. The molecule has 1 saturated heterocycles. The van der Waals surface area contributed by atoms with Crippen LogP contribution in [0.1, 0.15) is 37.8 Å². The van der Waals surface area contributed by atoms with Crippen molar-refractivity contribution in [3.8, 4) is 0 Å². The molecule has 2 rings (SSSR count). The van der Waals surface area contributed by atoms with Gasteiger partial charge in [0.2, 0.25) is 0 Å². The SMILES string of the molecule is CC(C)NCc1cccc(CN2CCCC(N(C)C)C2)c1. The van der Waals surface area contributed by atoms with Gasteiger partial charge in [-0.2, -0.15) is 0 Å². The van der Waals surface area contributed by atoms with Crippen molar-refractivity contribution in [1.29, 1.82) is 0 Å². The number of hydrogen-bond donors (Lipinski definition) is 1. The van der Waals surface area contributed by atoms with Gasteiger partial charge >= 0.3 is 0 Å². The number of benzene rings is 1. The predicted octanol–water partition coefficient (Wildman–Crippen LogP) is 2.71. The van der Waals surface area contributed by atoms with E-state index in [1.807, 2.05) is 0 Å². The summed E-state index contributed by atoms with van der Waals surface area (Å²) in [6.07, 6.45) is 2.65. The van der Waals surface area contributed by atoms with E-state index in [2.05, 4.69) is 67.3 Å². The summed E-state index contributed by atoms with van der Waals surface area (Å²) in [5.74, 6) is 0. The zero-order chi connectivity index (χ0) is 15.2. The summed E-state index contributed by atoms with van der Waals surface area (Å²) < 4.78 is 0. The standard InChI is InChI=1S/C18H31N3/c1-15(2)19-12-16-7-5-8-17(11-16)13-21-10-6-9-18(14-21)20(3)4/h5,7-8,11,15,18-19H,6,9-10,12-14H2,1-4H3. The van der Waals surface area contributed by atoms with E-state index in [-0.39, 0.29) is 0 Å².